The minimum Gasteiger partial charge on any atom is -0.488 e. The second-order valence-electron chi connectivity index (χ2n) is 10.5. The highest BCUT2D eigenvalue weighted by Gasteiger charge is 2.19. The van der Waals surface area contributed by atoms with Crippen LogP contribution in [0, 0.1) is 11.6 Å². The van der Waals surface area contributed by atoms with Gasteiger partial charge in [0.2, 0.25) is 0 Å². The number of sulfone groups is 1. The summed E-state index contributed by atoms with van der Waals surface area (Å²) < 4.78 is 60.5. The molecule has 0 fully saturated rings. The molecule has 3 heterocycles. The number of aromatic nitrogens is 4. The molecule has 0 spiro atoms. The Bertz CT molecular complexity index is 2150. The van der Waals surface area contributed by atoms with Crippen LogP contribution in [0.3, 0.4) is 0 Å². The molecule has 9 nitrogen and oxygen atoms in total. The molecule has 240 valence electrons. The lowest BCUT2D eigenvalue weighted by Crippen LogP contribution is -2.26. The molecule has 1 atom stereocenters. The predicted octanol–water partition coefficient (Wildman–Crippen LogP) is 7.64. The van der Waals surface area contributed by atoms with Gasteiger partial charge < -0.3 is 15.4 Å². The van der Waals surface area contributed by atoms with Crippen LogP contribution in [0.1, 0.15) is 23.5 Å². The second-order valence-corrected chi connectivity index (χ2v) is 14.3. The number of pyridine rings is 1. The predicted molar refractivity (Wildman–Crippen MR) is 181 cm³/mol. The first-order valence-corrected chi connectivity index (χ1v) is 17.7. The van der Waals surface area contributed by atoms with E-state index in [9.17, 15) is 12.8 Å². The van der Waals surface area contributed by atoms with Crippen molar-refractivity contribution >= 4 is 59.5 Å². The quantitative estimate of drug-likeness (QED) is 0.131. The molecule has 0 bridgehead atoms. The molecule has 0 saturated heterocycles. The van der Waals surface area contributed by atoms with E-state index in [2.05, 4.69) is 46.5 Å². The molecule has 0 aliphatic carbocycles. The zero-order valence-corrected chi connectivity index (χ0v) is 28.0. The normalized spacial score (nSPS) is 12.3. The minimum atomic E-state index is -3.53. The van der Waals surface area contributed by atoms with Crippen molar-refractivity contribution in [3.8, 4) is 17.0 Å². The molecule has 2 N–H and O–H groups in total. The Kier molecular flexibility index (Phi) is 9.82. The van der Waals surface area contributed by atoms with Crippen molar-refractivity contribution in [3.63, 3.8) is 0 Å². The fourth-order valence-electron chi connectivity index (χ4n) is 4.74. The second kappa shape index (κ2) is 14.2. The number of halogens is 3. The molecule has 3 aromatic heterocycles. The van der Waals surface area contributed by atoms with Gasteiger partial charge >= 0.3 is 0 Å². The van der Waals surface area contributed by atoms with Crippen LogP contribution in [0.5, 0.6) is 5.75 Å². The maximum atomic E-state index is 15.3. The third kappa shape index (κ3) is 7.79. The SMILES string of the molecule is CC(NCCS(=O)(=O)c1ccccn1)c1nc(-c2cc3c(Nc4ccc(OCc5cccc(F)c5)c(Br)c4)ncnc3cc2F)cs1. The Morgan fingerprint density at radius 3 is 2.66 bits per heavy atom. The topological polar surface area (TPSA) is 119 Å². The third-order valence-corrected chi connectivity index (χ3v) is 10.4. The number of thiazole rings is 1. The summed E-state index contributed by atoms with van der Waals surface area (Å²) >= 11 is 4.88. The van der Waals surface area contributed by atoms with Crippen molar-refractivity contribution in [1.29, 1.82) is 0 Å². The molecule has 47 heavy (non-hydrogen) atoms. The van der Waals surface area contributed by atoms with Gasteiger partial charge in [0.1, 0.15) is 41.1 Å². The molecule has 0 amide bonds. The Balaban J connectivity index is 1.16. The summed E-state index contributed by atoms with van der Waals surface area (Å²) in [6, 6.07) is 19.1. The lowest BCUT2D eigenvalue weighted by molar-refractivity contribution is 0.303. The highest BCUT2D eigenvalue weighted by molar-refractivity contribution is 9.10. The van der Waals surface area contributed by atoms with E-state index in [1.807, 2.05) is 19.1 Å². The van der Waals surface area contributed by atoms with Gasteiger partial charge in [-0.15, -0.1) is 11.3 Å². The Morgan fingerprint density at radius 1 is 1.00 bits per heavy atom. The summed E-state index contributed by atoms with van der Waals surface area (Å²) in [6.45, 7) is 2.27. The standard InChI is InChI=1S/C33H27BrF2N6O3S2/c1-20(37-11-12-47(43,44)31-7-2-3-10-38-31)33-42-29(18-46-33)24-15-25-28(16-27(24)36)39-19-40-32(25)41-23-8-9-30(26(34)14-23)45-17-21-5-4-6-22(35)13-21/h2-10,13-16,18-20,37H,11-12,17H2,1H3,(H,39,40,41). The first-order valence-electron chi connectivity index (χ1n) is 14.4. The number of nitrogens with one attached hydrogen (secondary N) is 2. The van der Waals surface area contributed by atoms with E-state index in [0.29, 0.717) is 48.9 Å². The lowest BCUT2D eigenvalue weighted by Gasteiger charge is -2.13. The first-order chi connectivity index (χ1) is 22.7. The van der Waals surface area contributed by atoms with E-state index in [1.165, 1.54) is 48.1 Å². The van der Waals surface area contributed by atoms with Crippen molar-refractivity contribution in [2.24, 2.45) is 0 Å². The van der Waals surface area contributed by atoms with Crippen LogP contribution in [-0.4, -0.2) is 40.7 Å². The number of fused-ring (bicyclic) bond motifs is 1. The largest absolute Gasteiger partial charge is 0.488 e. The van der Waals surface area contributed by atoms with Crippen molar-refractivity contribution in [2.75, 3.05) is 17.6 Å². The molecular weight excluding hydrogens is 710 g/mol. The van der Waals surface area contributed by atoms with Crippen molar-refractivity contribution in [1.82, 2.24) is 25.3 Å². The maximum Gasteiger partial charge on any atom is 0.196 e. The van der Waals surface area contributed by atoms with E-state index >= 15 is 4.39 Å². The third-order valence-electron chi connectivity index (χ3n) is 7.15. The molecule has 14 heteroatoms. The average Bonchev–Trinajstić information content (AvgIpc) is 3.55. The van der Waals surface area contributed by atoms with Gasteiger partial charge in [0.15, 0.2) is 14.9 Å². The zero-order valence-electron chi connectivity index (χ0n) is 24.8. The maximum absolute atomic E-state index is 15.3. The van der Waals surface area contributed by atoms with E-state index in [1.54, 1.807) is 41.8 Å². The molecular formula is C33H27BrF2N6O3S2. The molecule has 1 unspecified atom stereocenters. The number of hydrogen-bond acceptors (Lipinski definition) is 10. The van der Waals surface area contributed by atoms with Gasteiger partial charge in [-0.1, -0.05) is 18.2 Å². The fraction of sp³-hybridized carbons (Fsp3) is 0.152. The van der Waals surface area contributed by atoms with E-state index < -0.39 is 15.7 Å². The van der Waals surface area contributed by atoms with Crippen LogP contribution >= 0.6 is 27.3 Å². The van der Waals surface area contributed by atoms with Crippen molar-refractivity contribution < 1.29 is 21.9 Å². The van der Waals surface area contributed by atoms with Crippen LogP contribution in [0.2, 0.25) is 0 Å². The van der Waals surface area contributed by atoms with Crippen LogP contribution in [0.4, 0.5) is 20.3 Å². The first kappa shape index (κ1) is 32.6. The smallest absolute Gasteiger partial charge is 0.196 e. The van der Waals surface area contributed by atoms with Gasteiger partial charge in [-0.3, -0.25) is 0 Å². The molecule has 0 aliphatic heterocycles. The lowest BCUT2D eigenvalue weighted by atomic mass is 10.1. The molecule has 0 aliphatic rings. The van der Waals surface area contributed by atoms with Gasteiger partial charge in [0.05, 0.1) is 27.5 Å². The summed E-state index contributed by atoms with van der Waals surface area (Å²) in [5.41, 5.74) is 2.54. The van der Waals surface area contributed by atoms with E-state index in [0.717, 1.165) is 0 Å². The van der Waals surface area contributed by atoms with Gasteiger partial charge in [-0.25, -0.2) is 37.1 Å². The number of benzene rings is 3. The van der Waals surface area contributed by atoms with Crippen molar-refractivity contribution in [2.45, 2.75) is 24.6 Å². The molecule has 0 saturated carbocycles. The van der Waals surface area contributed by atoms with Crippen LogP contribution in [0.25, 0.3) is 22.2 Å². The average molecular weight is 738 g/mol. The van der Waals surface area contributed by atoms with E-state index in [4.69, 9.17) is 4.74 Å². The van der Waals surface area contributed by atoms with Crippen LogP contribution in [0.15, 0.2) is 100 Å². The summed E-state index contributed by atoms with van der Waals surface area (Å²) in [5.74, 6) is 0.118. The molecule has 0 radical (unpaired) electrons. The van der Waals surface area contributed by atoms with E-state index in [-0.39, 0.29) is 41.4 Å². The number of ether oxygens (including phenoxy) is 1. The molecule has 6 aromatic rings. The van der Waals surface area contributed by atoms with Gasteiger partial charge in [0.25, 0.3) is 0 Å². The summed E-state index contributed by atoms with van der Waals surface area (Å²) in [5, 5.41) is 9.53. The minimum absolute atomic E-state index is 0.0342. The van der Waals surface area contributed by atoms with Gasteiger partial charge in [-0.05, 0) is 76.9 Å². The summed E-state index contributed by atoms with van der Waals surface area (Å²) in [6.07, 6.45) is 2.81. The number of nitrogens with zero attached hydrogens (tertiary/aromatic N) is 4. The Morgan fingerprint density at radius 2 is 1.87 bits per heavy atom. The number of anilines is 2. The molecule has 6 rings (SSSR count). The van der Waals surface area contributed by atoms with Crippen LogP contribution < -0.4 is 15.4 Å². The monoisotopic (exact) mass is 736 g/mol. The Labute approximate surface area is 282 Å². The summed E-state index contributed by atoms with van der Waals surface area (Å²) in [4.78, 5) is 17.2. The molecule has 3 aromatic carbocycles. The number of hydrogen-bond donors (Lipinski definition) is 2. The fourth-order valence-corrected chi connectivity index (χ4v) is 7.18. The van der Waals surface area contributed by atoms with Crippen LogP contribution in [-0.2, 0) is 16.4 Å². The van der Waals surface area contributed by atoms with Crippen molar-refractivity contribution in [3.05, 3.63) is 117 Å². The number of rotatable bonds is 12. The van der Waals surface area contributed by atoms with Gasteiger partial charge in [-0.2, -0.15) is 0 Å². The zero-order chi connectivity index (χ0) is 33.0. The van der Waals surface area contributed by atoms with Gasteiger partial charge in [0, 0.05) is 40.8 Å². The summed E-state index contributed by atoms with van der Waals surface area (Å²) in [7, 11) is -3.53. The Hall–Kier alpha value is -4.37. The highest BCUT2D eigenvalue weighted by Crippen LogP contribution is 2.34. The highest BCUT2D eigenvalue weighted by atomic mass is 79.9.